The van der Waals surface area contributed by atoms with Crippen molar-refractivity contribution in [2.45, 2.75) is 231 Å². The number of hydrogen-bond acceptors (Lipinski definition) is 6. The van der Waals surface area contributed by atoms with Gasteiger partial charge in [0.15, 0.2) is 12.1 Å². The Kier molecular flexibility index (Phi) is 40.5. The Bertz CT molecular complexity index is 1060. The van der Waals surface area contributed by atoms with Crippen molar-refractivity contribution in [1.82, 2.24) is 0 Å². The van der Waals surface area contributed by atoms with E-state index in [0.717, 1.165) is 57.8 Å². The molecule has 0 aromatic rings. The number of unbranched alkanes of at least 4 members (excludes halogenated alkanes) is 24. The van der Waals surface area contributed by atoms with Gasteiger partial charge in [0.2, 0.25) is 0 Å². The van der Waals surface area contributed by atoms with Crippen molar-refractivity contribution in [1.29, 1.82) is 0 Å². The molecule has 0 saturated carbocycles. The van der Waals surface area contributed by atoms with Gasteiger partial charge in [-0.05, 0) is 64.2 Å². The third-order valence-corrected chi connectivity index (χ3v) is 11.0. The molecule has 0 aliphatic heterocycles. The second-order valence-corrected chi connectivity index (χ2v) is 17.7. The van der Waals surface area contributed by atoms with Crippen LogP contribution in [0.2, 0.25) is 0 Å². The monoisotopic (exact) mass is 833 g/mol. The molecule has 0 heterocycles. The van der Waals surface area contributed by atoms with E-state index >= 15 is 0 Å². The molecule has 8 heteroatoms. The lowest BCUT2D eigenvalue weighted by molar-refractivity contribution is -0.887. The minimum absolute atomic E-state index is 0.0550. The standard InChI is InChI=1S/C51H93NO7/c1-6-8-10-12-14-16-18-20-22-23-24-25-26-27-28-30-31-33-35-37-39-41-49(53)58-46-47(45-57-44-43-48(51(55)56)52(3,4)5)59-50(54)42-40-38-36-34-32-29-21-19-17-15-13-11-9-7-2/h9,11,15,17,25-26,47-48H,6-8,10,12-14,16,18-24,27-46H2,1-5H3/p+1/b11-9+,17-15+,26-25+. The van der Waals surface area contributed by atoms with Crippen LogP contribution in [-0.4, -0.2) is 80.6 Å². The Morgan fingerprint density at radius 2 is 0.949 bits per heavy atom. The van der Waals surface area contributed by atoms with Crippen LogP contribution in [0, 0.1) is 0 Å². The first kappa shape index (κ1) is 56.5. The van der Waals surface area contributed by atoms with E-state index in [1.54, 1.807) is 0 Å². The molecule has 0 bridgehead atoms. The van der Waals surface area contributed by atoms with Crippen LogP contribution < -0.4 is 0 Å². The lowest BCUT2D eigenvalue weighted by atomic mass is 10.1. The molecule has 344 valence electrons. The van der Waals surface area contributed by atoms with Crippen molar-refractivity contribution in [3.8, 4) is 0 Å². The number of esters is 2. The fourth-order valence-corrected chi connectivity index (χ4v) is 7.24. The Morgan fingerprint density at radius 1 is 0.525 bits per heavy atom. The Hall–Kier alpha value is -2.45. The third-order valence-electron chi connectivity index (χ3n) is 11.0. The van der Waals surface area contributed by atoms with Crippen LogP contribution in [-0.2, 0) is 28.6 Å². The zero-order valence-electron chi connectivity index (χ0n) is 39.2. The summed E-state index contributed by atoms with van der Waals surface area (Å²) >= 11 is 0. The van der Waals surface area contributed by atoms with E-state index in [4.69, 9.17) is 14.2 Å². The molecule has 59 heavy (non-hydrogen) atoms. The zero-order valence-corrected chi connectivity index (χ0v) is 39.2. The van der Waals surface area contributed by atoms with Gasteiger partial charge in [-0.1, -0.05) is 172 Å². The third kappa shape index (κ3) is 40.7. The van der Waals surface area contributed by atoms with Gasteiger partial charge in [0, 0.05) is 19.3 Å². The Balaban J connectivity index is 4.23. The van der Waals surface area contributed by atoms with Crippen molar-refractivity contribution in [2.24, 2.45) is 0 Å². The first-order valence-electron chi connectivity index (χ1n) is 24.5. The van der Waals surface area contributed by atoms with Gasteiger partial charge < -0.3 is 23.8 Å². The molecule has 0 saturated heterocycles. The summed E-state index contributed by atoms with van der Waals surface area (Å²) in [6.45, 7) is 4.64. The summed E-state index contributed by atoms with van der Waals surface area (Å²) in [5, 5.41) is 9.63. The summed E-state index contributed by atoms with van der Waals surface area (Å²) in [7, 11) is 5.53. The number of ether oxygens (including phenoxy) is 3. The predicted molar refractivity (Wildman–Crippen MR) is 248 cm³/mol. The molecule has 0 aliphatic rings. The molecular weight excluding hydrogens is 739 g/mol. The van der Waals surface area contributed by atoms with Crippen molar-refractivity contribution in [3.05, 3.63) is 36.5 Å². The molecule has 8 nitrogen and oxygen atoms in total. The molecule has 0 spiro atoms. The smallest absolute Gasteiger partial charge is 0.362 e. The van der Waals surface area contributed by atoms with Gasteiger partial charge in [0.05, 0.1) is 34.4 Å². The second kappa shape index (κ2) is 42.2. The molecule has 2 atom stereocenters. The minimum Gasteiger partial charge on any atom is -0.477 e. The number of allylic oxidation sites excluding steroid dienone is 6. The van der Waals surface area contributed by atoms with Crippen LogP contribution in [0.15, 0.2) is 36.5 Å². The highest BCUT2D eigenvalue weighted by molar-refractivity contribution is 5.72. The van der Waals surface area contributed by atoms with Gasteiger partial charge in [-0.3, -0.25) is 9.59 Å². The van der Waals surface area contributed by atoms with E-state index in [1.807, 2.05) is 21.1 Å². The first-order chi connectivity index (χ1) is 28.6. The lowest BCUT2D eigenvalue weighted by Gasteiger charge is -2.31. The molecule has 0 radical (unpaired) electrons. The fourth-order valence-electron chi connectivity index (χ4n) is 7.24. The van der Waals surface area contributed by atoms with E-state index < -0.39 is 18.1 Å². The van der Waals surface area contributed by atoms with Crippen LogP contribution in [0.4, 0.5) is 0 Å². The maximum atomic E-state index is 12.7. The van der Waals surface area contributed by atoms with E-state index in [-0.39, 0.29) is 36.2 Å². The van der Waals surface area contributed by atoms with E-state index in [2.05, 4.69) is 50.3 Å². The van der Waals surface area contributed by atoms with Gasteiger partial charge in [-0.2, -0.15) is 0 Å². The predicted octanol–water partition coefficient (Wildman–Crippen LogP) is 13.8. The molecule has 0 aliphatic carbocycles. The van der Waals surface area contributed by atoms with Gasteiger partial charge in [-0.25, -0.2) is 4.79 Å². The molecule has 0 aromatic heterocycles. The highest BCUT2D eigenvalue weighted by Gasteiger charge is 2.31. The molecule has 1 N–H and O–H groups in total. The number of carboxylic acid groups (broad SMARTS) is 1. The Labute approximate surface area is 364 Å². The van der Waals surface area contributed by atoms with Crippen molar-refractivity contribution >= 4 is 17.9 Å². The van der Waals surface area contributed by atoms with Crippen LogP contribution in [0.1, 0.15) is 219 Å². The van der Waals surface area contributed by atoms with E-state index in [9.17, 15) is 19.5 Å². The first-order valence-corrected chi connectivity index (χ1v) is 24.5. The van der Waals surface area contributed by atoms with Crippen LogP contribution in [0.5, 0.6) is 0 Å². The van der Waals surface area contributed by atoms with Gasteiger partial charge in [-0.15, -0.1) is 0 Å². The molecular formula is C51H94NO7+. The van der Waals surface area contributed by atoms with Crippen LogP contribution >= 0.6 is 0 Å². The second-order valence-electron chi connectivity index (χ2n) is 17.7. The summed E-state index contributed by atoms with van der Waals surface area (Å²) in [6.07, 6.45) is 49.1. The zero-order chi connectivity index (χ0) is 43.5. The number of likely N-dealkylation sites (N-methyl/N-ethyl adjacent to an activating group) is 1. The summed E-state index contributed by atoms with van der Waals surface area (Å²) in [5.41, 5.74) is 0. The highest BCUT2D eigenvalue weighted by Crippen LogP contribution is 2.15. The van der Waals surface area contributed by atoms with Crippen molar-refractivity contribution in [2.75, 3.05) is 41.0 Å². The largest absolute Gasteiger partial charge is 0.477 e. The maximum Gasteiger partial charge on any atom is 0.362 e. The van der Waals surface area contributed by atoms with Crippen LogP contribution in [0.25, 0.3) is 0 Å². The van der Waals surface area contributed by atoms with Crippen molar-refractivity contribution < 1.29 is 38.2 Å². The maximum absolute atomic E-state index is 12.7. The van der Waals surface area contributed by atoms with E-state index in [0.29, 0.717) is 19.3 Å². The lowest BCUT2D eigenvalue weighted by Crippen LogP contribution is -2.50. The number of aliphatic carboxylic acids is 1. The summed E-state index contributed by atoms with van der Waals surface area (Å²) in [5.74, 6) is -1.48. The van der Waals surface area contributed by atoms with Gasteiger partial charge in [0.25, 0.3) is 0 Å². The molecule has 0 aromatic carbocycles. The molecule has 0 fully saturated rings. The summed E-state index contributed by atoms with van der Waals surface area (Å²) in [4.78, 5) is 37.1. The normalized spacial score (nSPS) is 13.2. The molecule has 2 unspecified atom stereocenters. The van der Waals surface area contributed by atoms with E-state index in [1.165, 1.54) is 128 Å². The van der Waals surface area contributed by atoms with Crippen molar-refractivity contribution in [3.63, 3.8) is 0 Å². The number of nitrogens with zero attached hydrogens (tertiary/aromatic N) is 1. The number of quaternary nitrogens is 1. The fraction of sp³-hybridized carbons (Fsp3) is 0.824. The number of rotatable bonds is 44. The number of carbonyl (C=O) groups is 3. The summed E-state index contributed by atoms with van der Waals surface area (Å²) in [6, 6.07) is -0.616. The van der Waals surface area contributed by atoms with Gasteiger partial charge in [0.1, 0.15) is 6.61 Å². The average Bonchev–Trinajstić information content (AvgIpc) is 3.19. The average molecular weight is 833 g/mol. The molecule has 0 amide bonds. The number of carboxylic acids is 1. The summed E-state index contributed by atoms with van der Waals surface area (Å²) < 4.78 is 17.3. The number of carbonyl (C=O) groups excluding carboxylic acids is 2. The minimum atomic E-state index is -0.876. The number of hydrogen-bond donors (Lipinski definition) is 1. The van der Waals surface area contributed by atoms with Crippen LogP contribution in [0.3, 0.4) is 0 Å². The SMILES string of the molecule is CC/C=C/C/C=C/CCCCCCCCCC(=O)OC(COCCC(C(=O)O)[N+](C)(C)C)COC(=O)CCCCCCCCC/C=C/CCCCCCCCCCCC. The highest BCUT2D eigenvalue weighted by atomic mass is 16.6. The topological polar surface area (TPSA) is 99.1 Å². The Morgan fingerprint density at radius 3 is 1.41 bits per heavy atom. The van der Waals surface area contributed by atoms with Gasteiger partial charge >= 0.3 is 17.9 Å². The quantitative estimate of drug-likeness (QED) is 0.0282. The molecule has 0 rings (SSSR count).